The van der Waals surface area contributed by atoms with Crippen molar-refractivity contribution in [2.75, 3.05) is 25.1 Å². The smallest absolute Gasteiger partial charge is 0.325 e. The van der Waals surface area contributed by atoms with E-state index in [1.54, 1.807) is 0 Å². The monoisotopic (exact) mass is 469 g/mol. The number of hydrogen-bond donors (Lipinski definition) is 1. The van der Waals surface area contributed by atoms with Crippen molar-refractivity contribution in [3.05, 3.63) is 71.8 Å². The molecule has 2 aromatic carbocycles. The van der Waals surface area contributed by atoms with Gasteiger partial charge in [0.1, 0.15) is 12.1 Å². The molecule has 0 radical (unpaired) electrons. The molecule has 8 nitrogen and oxygen atoms in total. The zero-order chi connectivity index (χ0) is 23.6. The first-order chi connectivity index (χ1) is 15.7. The molecular weight excluding hydrogens is 442 g/mol. The van der Waals surface area contributed by atoms with Crippen molar-refractivity contribution in [1.82, 2.24) is 15.1 Å². The van der Waals surface area contributed by atoms with Crippen LogP contribution in [0, 0.1) is 0 Å². The van der Waals surface area contributed by atoms with E-state index >= 15 is 0 Å². The van der Waals surface area contributed by atoms with Crippen LogP contribution in [-0.4, -0.2) is 72.7 Å². The first kappa shape index (κ1) is 23.0. The zero-order valence-electron chi connectivity index (χ0n) is 18.4. The van der Waals surface area contributed by atoms with Crippen molar-refractivity contribution in [2.24, 2.45) is 0 Å². The van der Waals surface area contributed by atoms with Crippen LogP contribution in [0.3, 0.4) is 0 Å². The van der Waals surface area contributed by atoms with E-state index in [4.69, 9.17) is 0 Å². The summed E-state index contributed by atoms with van der Waals surface area (Å²) >= 11 is 0. The lowest BCUT2D eigenvalue weighted by molar-refractivity contribution is -0.139. The Hall–Kier alpha value is -3.20. The number of carbonyl (C=O) groups is 3. The van der Waals surface area contributed by atoms with Crippen molar-refractivity contribution in [3.8, 4) is 0 Å². The van der Waals surface area contributed by atoms with Crippen LogP contribution in [0.2, 0.25) is 0 Å². The van der Waals surface area contributed by atoms with Crippen LogP contribution in [0.5, 0.6) is 0 Å². The van der Waals surface area contributed by atoms with Crippen molar-refractivity contribution in [1.29, 1.82) is 0 Å². The van der Waals surface area contributed by atoms with Gasteiger partial charge in [0, 0.05) is 25.9 Å². The van der Waals surface area contributed by atoms with Gasteiger partial charge in [-0.25, -0.2) is 13.2 Å². The number of amides is 4. The maximum atomic E-state index is 13.6. The molecule has 33 heavy (non-hydrogen) atoms. The predicted octanol–water partition coefficient (Wildman–Crippen LogP) is 1.41. The van der Waals surface area contributed by atoms with Crippen LogP contribution in [0.1, 0.15) is 17.5 Å². The number of benzene rings is 2. The Morgan fingerprint density at radius 3 is 2.06 bits per heavy atom. The van der Waals surface area contributed by atoms with Gasteiger partial charge in [-0.2, -0.15) is 0 Å². The number of nitrogens with zero attached hydrogens (tertiary/aromatic N) is 2. The highest BCUT2D eigenvalue weighted by molar-refractivity contribution is 7.91. The minimum atomic E-state index is -3.16. The van der Waals surface area contributed by atoms with Crippen LogP contribution in [0.4, 0.5) is 4.79 Å². The molecule has 1 unspecified atom stereocenters. The minimum Gasteiger partial charge on any atom is -0.340 e. The third-order valence-electron chi connectivity index (χ3n) is 6.39. The van der Waals surface area contributed by atoms with Crippen molar-refractivity contribution in [2.45, 2.75) is 30.8 Å². The Balaban J connectivity index is 1.56. The molecule has 0 aromatic heterocycles. The SMILES string of the molecule is CN(C(=O)CN1C(=O)NC(Cc2ccccc2)(Cc2ccccc2)C1=O)C1CCS(=O)(=O)C1. The molecule has 0 spiro atoms. The number of hydrogen-bond acceptors (Lipinski definition) is 5. The number of imide groups is 1. The third kappa shape index (κ3) is 4.93. The molecule has 2 aliphatic heterocycles. The van der Waals surface area contributed by atoms with E-state index in [2.05, 4.69) is 5.32 Å². The van der Waals surface area contributed by atoms with Gasteiger partial charge in [0.05, 0.1) is 11.5 Å². The van der Waals surface area contributed by atoms with E-state index in [0.717, 1.165) is 16.0 Å². The lowest BCUT2D eigenvalue weighted by atomic mass is 9.84. The van der Waals surface area contributed by atoms with Crippen LogP contribution in [-0.2, 0) is 32.3 Å². The van der Waals surface area contributed by atoms with Crippen molar-refractivity contribution in [3.63, 3.8) is 0 Å². The highest BCUT2D eigenvalue weighted by Gasteiger charge is 2.52. The molecule has 2 aliphatic rings. The van der Waals surface area contributed by atoms with Gasteiger partial charge < -0.3 is 10.2 Å². The van der Waals surface area contributed by atoms with Gasteiger partial charge in [-0.3, -0.25) is 14.5 Å². The molecule has 0 aliphatic carbocycles. The van der Waals surface area contributed by atoms with Gasteiger partial charge >= 0.3 is 6.03 Å². The average molecular weight is 470 g/mol. The standard InChI is InChI=1S/C24H27N3O5S/c1-26(20-12-13-33(31,32)17-20)21(28)16-27-22(29)24(25-23(27)30,14-18-8-4-2-5-9-18)15-19-10-6-3-7-11-19/h2-11,20H,12-17H2,1H3,(H,25,30). The molecule has 4 amide bonds. The first-order valence-electron chi connectivity index (χ1n) is 10.9. The van der Waals surface area contributed by atoms with Crippen molar-refractivity contribution < 1.29 is 22.8 Å². The summed E-state index contributed by atoms with van der Waals surface area (Å²) in [5, 5.41) is 2.86. The Labute approximate surface area is 193 Å². The normalized spacial score (nSPS) is 21.1. The van der Waals surface area contributed by atoms with Gasteiger partial charge in [0.15, 0.2) is 9.84 Å². The molecule has 0 saturated carbocycles. The molecular formula is C24H27N3O5S. The summed E-state index contributed by atoms with van der Waals surface area (Å²) in [4.78, 5) is 41.7. The molecule has 0 bridgehead atoms. The molecule has 9 heteroatoms. The molecule has 2 saturated heterocycles. The molecule has 2 aromatic rings. The third-order valence-corrected chi connectivity index (χ3v) is 8.14. The molecule has 2 fully saturated rings. The first-order valence-corrected chi connectivity index (χ1v) is 12.7. The summed E-state index contributed by atoms with van der Waals surface area (Å²) < 4.78 is 23.6. The largest absolute Gasteiger partial charge is 0.340 e. The van der Waals surface area contributed by atoms with Crippen LogP contribution < -0.4 is 5.32 Å². The molecule has 4 rings (SSSR count). The molecule has 1 N–H and O–H groups in total. The van der Waals surface area contributed by atoms with Crippen LogP contribution >= 0.6 is 0 Å². The summed E-state index contributed by atoms with van der Waals surface area (Å²) in [5.41, 5.74) is 0.571. The highest BCUT2D eigenvalue weighted by atomic mass is 32.2. The summed E-state index contributed by atoms with van der Waals surface area (Å²) in [6, 6.07) is 17.8. The molecule has 174 valence electrons. The molecule has 2 heterocycles. The van der Waals surface area contributed by atoms with E-state index in [1.807, 2.05) is 60.7 Å². The maximum absolute atomic E-state index is 13.6. The van der Waals surface area contributed by atoms with E-state index in [-0.39, 0.29) is 24.3 Å². The zero-order valence-corrected chi connectivity index (χ0v) is 19.3. The summed E-state index contributed by atoms with van der Waals surface area (Å²) in [5.74, 6) is -0.978. The summed E-state index contributed by atoms with van der Waals surface area (Å²) in [6.07, 6.45) is 0.931. The Kier molecular flexibility index (Phi) is 6.25. The van der Waals surface area contributed by atoms with Crippen molar-refractivity contribution >= 4 is 27.7 Å². The lowest BCUT2D eigenvalue weighted by Crippen LogP contribution is -2.51. The van der Waals surface area contributed by atoms with Gasteiger partial charge in [-0.1, -0.05) is 60.7 Å². The number of carbonyl (C=O) groups excluding carboxylic acids is 3. The van der Waals surface area contributed by atoms with E-state index in [1.165, 1.54) is 11.9 Å². The fraction of sp³-hybridized carbons (Fsp3) is 0.375. The van der Waals surface area contributed by atoms with Crippen LogP contribution in [0.15, 0.2) is 60.7 Å². The summed E-state index contributed by atoms with van der Waals surface area (Å²) in [7, 11) is -1.64. The number of likely N-dealkylation sites (N-methyl/N-ethyl adjacent to an activating group) is 1. The predicted molar refractivity (Wildman–Crippen MR) is 123 cm³/mol. The Morgan fingerprint density at radius 1 is 1.03 bits per heavy atom. The van der Waals surface area contributed by atoms with Crippen LogP contribution in [0.25, 0.3) is 0 Å². The lowest BCUT2D eigenvalue weighted by Gasteiger charge is -2.28. The second kappa shape index (κ2) is 8.97. The van der Waals surface area contributed by atoms with Gasteiger partial charge in [0.2, 0.25) is 5.91 Å². The Bertz CT molecular complexity index is 1110. The van der Waals surface area contributed by atoms with E-state index in [0.29, 0.717) is 6.42 Å². The number of urea groups is 1. The average Bonchev–Trinajstić information content (AvgIpc) is 3.26. The van der Waals surface area contributed by atoms with Gasteiger partial charge in [-0.15, -0.1) is 0 Å². The fourth-order valence-corrected chi connectivity index (χ4v) is 6.32. The maximum Gasteiger partial charge on any atom is 0.325 e. The number of rotatable bonds is 7. The summed E-state index contributed by atoms with van der Waals surface area (Å²) in [6.45, 7) is -0.428. The second-order valence-corrected chi connectivity index (χ2v) is 11.0. The molecule has 1 atom stereocenters. The topological polar surface area (TPSA) is 104 Å². The van der Waals surface area contributed by atoms with E-state index < -0.39 is 45.8 Å². The second-order valence-electron chi connectivity index (χ2n) is 8.79. The van der Waals surface area contributed by atoms with Gasteiger partial charge in [0.25, 0.3) is 5.91 Å². The minimum absolute atomic E-state index is 0.0374. The Morgan fingerprint density at radius 2 is 1.58 bits per heavy atom. The number of sulfone groups is 1. The van der Waals surface area contributed by atoms with Gasteiger partial charge in [-0.05, 0) is 17.5 Å². The fourth-order valence-electron chi connectivity index (χ4n) is 4.54. The quantitative estimate of drug-likeness (QED) is 0.618. The number of nitrogens with one attached hydrogen (secondary N) is 1. The highest BCUT2D eigenvalue weighted by Crippen LogP contribution is 2.27. The van der Waals surface area contributed by atoms with E-state index in [9.17, 15) is 22.8 Å².